The van der Waals surface area contributed by atoms with Gasteiger partial charge in [-0.05, 0) is 17.5 Å². The predicted molar refractivity (Wildman–Crippen MR) is 100 cm³/mol. The van der Waals surface area contributed by atoms with Crippen LogP contribution in [0.2, 0.25) is 0 Å². The van der Waals surface area contributed by atoms with Crippen LogP contribution in [0.4, 0.5) is 0 Å². The second-order valence-electron chi connectivity index (χ2n) is 5.46. The number of aliphatic carboxylic acids is 1. The Morgan fingerprint density at radius 2 is 1.42 bits per heavy atom. The van der Waals surface area contributed by atoms with Crippen LogP contribution in [-0.2, 0) is 4.79 Å². The predicted octanol–water partition coefficient (Wildman–Crippen LogP) is 3.73. The summed E-state index contributed by atoms with van der Waals surface area (Å²) in [5.41, 5.74) is 6.49. The minimum atomic E-state index is -1.43. The van der Waals surface area contributed by atoms with E-state index in [1.807, 2.05) is 19.1 Å². The fourth-order valence-corrected chi connectivity index (χ4v) is 2.01. The van der Waals surface area contributed by atoms with Crippen LogP contribution >= 0.6 is 12.4 Å². The number of carboxylic acid groups (broad SMARTS) is 1. The van der Waals surface area contributed by atoms with E-state index in [0.29, 0.717) is 6.42 Å². The van der Waals surface area contributed by atoms with Gasteiger partial charge in [0.15, 0.2) is 0 Å². The maximum atomic E-state index is 10.5. The molecule has 1 unspecified atom stereocenters. The molecule has 24 heavy (non-hydrogen) atoms. The summed E-state index contributed by atoms with van der Waals surface area (Å²) in [6, 6.07) is 20.8. The van der Waals surface area contributed by atoms with E-state index < -0.39 is 18.1 Å². The number of aliphatic hydroxyl groups is 1. The summed E-state index contributed by atoms with van der Waals surface area (Å²) in [6.45, 7) is 1.45. The van der Waals surface area contributed by atoms with E-state index in [2.05, 4.69) is 48.5 Å². The third kappa shape index (κ3) is 7.13. The topological polar surface area (TPSA) is 83.5 Å². The van der Waals surface area contributed by atoms with Crippen LogP contribution in [0, 0.1) is 0 Å². The number of halogens is 1. The molecule has 4 nitrogen and oxygen atoms in total. The largest absolute Gasteiger partial charge is 0.480 e. The molecule has 0 aliphatic rings. The van der Waals surface area contributed by atoms with Crippen LogP contribution in [0.1, 0.15) is 26.2 Å². The van der Waals surface area contributed by atoms with Crippen molar-refractivity contribution in [3.63, 3.8) is 0 Å². The van der Waals surface area contributed by atoms with Gasteiger partial charge in [0.05, 0.1) is 6.61 Å². The molecule has 0 bridgehead atoms. The second kappa shape index (κ2) is 11.6. The molecule has 0 fully saturated rings. The van der Waals surface area contributed by atoms with E-state index in [1.165, 1.54) is 11.1 Å². The molecule has 0 aliphatic carbocycles. The first-order valence-electron chi connectivity index (χ1n) is 7.77. The molecule has 5 heteroatoms. The first-order valence-corrected chi connectivity index (χ1v) is 7.77. The highest BCUT2D eigenvalue weighted by Gasteiger charge is 2.32. The number of hydrogen-bond donors (Lipinski definition) is 3. The number of benzene rings is 2. The van der Waals surface area contributed by atoms with E-state index in [1.54, 1.807) is 0 Å². The molecule has 0 aromatic heterocycles. The highest BCUT2D eigenvalue weighted by molar-refractivity contribution is 5.85. The molecule has 2 aromatic rings. The van der Waals surface area contributed by atoms with Crippen LogP contribution < -0.4 is 5.73 Å². The average Bonchev–Trinajstić information content (AvgIpc) is 2.61. The van der Waals surface area contributed by atoms with Crippen molar-refractivity contribution in [2.24, 2.45) is 5.73 Å². The Hall–Kier alpha value is -1.88. The first kappa shape index (κ1) is 22.1. The Balaban J connectivity index is 0.000000426. The lowest BCUT2D eigenvalue weighted by molar-refractivity contribution is -0.145. The van der Waals surface area contributed by atoms with Crippen LogP contribution in [0.25, 0.3) is 11.1 Å². The second-order valence-corrected chi connectivity index (χ2v) is 5.46. The fraction of sp³-hybridized carbons (Fsp3) is 0.316. The van der Waals surface area contributed by atoms with Gasteiger partial charge >= 0.3 is 5.97 Å². The van der Waals surface area contributed by atoms with Gasteiger partial charge in [0.2, 0.25) is 0 Å². The summed E-state index contributed by atoms with van der Waals surface area (Å²) in [5.74, 6) is -1.13. The van der Waals surface area contributed by atoms with E-state index in [4.69, 9.17) is 15.9 Å². The van der Waals surface area contributed by atoms with Crippen molar-refractivity contribution in [3.8, 4) is 11.1 Å². The Morgan fingerprint density at radius 3 is 1.71 bits per heavy atom. The molecule has 0 radical (unpaired) electrons. The van der Waals surface area contributed by atoms with Crippen molar-refractivity contribution in [1.82, 2.24) is 0 Å². The summed E-state index contributed by atoms with van der Waals surface area (Å²) >= 11 is 0. The summed E-state index contributed by atoms with van der Waals surface area (Å²) in [4.78, 5) is 10.5. The van der Waals surface area contributed by atoms with Crippen molar-refractivity contribution >= 4 is 18.4 Å². The number of carboxylic acids is 1. The number of aliphatic hydroxyl groups excluding tert-OH is 1. The van der Waals surface area contributed by atoms with Gasteiger partial charge in [-0.1, -0.05) is 80.4 Å². The molecular weight excluding hydrogens is 326 g/mol. The molecule has 132 valence electrons. The van der Waals surface area contributed by atoms with E-state index in [0.717, 1.165) is 12.8 Å². The molecule has 4 N–H and O–H groups in total. The minimum absolute atomic E-state index is 0. The fourth-order valence-electron chi connectivity index (χ4n) is 2.01. The van der Waals surface area contributed by atoms with E-state index in [9.17, 15) is 4.79 Å². The lowest BCUT2D eigenvalue weighted by atomic mass is 9.95. The van der Waals surface area contributed by atoms with Gasteiger partial charge in [-0.2, -0.15) is 0 Å². The van der Waals surface area contributed by atoms with Gasteiger partial charge in [0.25, 0.3) is 0 Å². The summed E-state index contributed by atoms with van der Waals surface area (Å²) in [6.07, 6.45) is 1.94. The van der Waals surface area contributed by atoms with Gasteiger partial charge in [-0.25, -0.2) is 0 Å². The lowest BCUT2D eigenvalue weighted by Crippen LogP contribution is -2.51. The zero-order valence-corrected chi connectivity index (χ0v) is 14.7. The zero-order valence-electron chi connectivity index (χ0n) is 13.9. The third-order valence-electron chi connectivity index (χ3n) is 3.57. The molecule has 1 atom stereocenters. The molecule has 0 spiro atoms. The molecule has 2 rings (SSSR count). The number of nitrogens with two attached hydrogens (primary N) is 1. The maximum absolute atomic E-state index is 10.5. The number of hydrogen-bond acceptors (Lipinski definition) is 3. The SMILES string of the molecule is CCCCC(N)(CO)C(=O)O.Cl.c1ccc(-c2ccccc2)cc1. The Morgan fingerprint density at radius 1 is 1.00 bits per heavy atom. The zero-order chi connectivity index (χ0) is 17.1. The van der Waals surface area contributed by atoms with Gasteiger partial charge in [0.1, 0.15) is 5.54 Å². The summed E-state index contributed by atoms with van der Waals surface area (Å²) in [7, 11) is 0. The molecule has 0 aliphatic heterocycles. The monoisotopic (exact) mass is 351 g/mol. The van der Waals surface area contributed by atoms with E-state index >= 15 is 0 Å². The highest BCUT2D eigenvalue weighted by Crippen LogP contribution is 2.17. The molecule has 0 heterocycles. The van der Waals surface area contributed by atoms with Crippen molar-refractivity contribution in [2.45, 2.75) is 31.7 Å². The van der Waals surface area contributed by atoms with Gasteiger partial charge in [-0.3, -0.25) is 4.79 Å². The lowest BCUT2D eigenvalue weighted by Gasteiger charge is -2.21. The Kier molecular flexibility index (Phi) is 10.7. The third-order valence-corrected chi connectivity index (χ3v) is 3.57. The van der Waals surface area contributed by atoms with Crippen LogP contribution in [0.3, 0.4) is 0 Å². The van der Waals surface area contributed by atoms with Gasteiger partial charge < -0.3 is 15.9 Å². The number of rotatable bonds is 6. The molecule has 0 saturated carbocycles. The molecule has 2 aromatic carbocycles. The van der Waals surface area contributed by atoms with Crippen LogP contribution in [0.5, 0.6) is 0 Å². The Labute approximate surface area is 149 Å². The molecule has 0 amide bonds. The molecular formula is C19H26ClNO3. The number of unbranched alkanes of at least 4 members (excludes halogenated alkanes) is 1. The quantitative estimate of drug-likeness (QED) is 0.740. The van der Waals surface area contributed by atoms with Crippen molar-refractivity contribution in [1.29, 1.82) is 0 Å². The standard InChI is InChI=1S/C12H10.C7H15NO3.ClH/c1-3-7-11(8-4-1)12-9-5-2-6-10-12;1-2-3-4-7(8,5-9)6(10)11;/h1-10H;9H,2-5,8H2,1H3,(H,10,11);1H. The van der Waals surface area contributed by atoms with Crippen LogP contribution in [0.15, 0.2) is 60.7 Å². The maximum Gasteiger partial charge on any atom is 0.326 e. The normalized spacial score (nSPS) is 12.1. The van der Waals surface area contributed by atoms with Crippen LogP contribution in [-0.4, -0.2) is 28.3 Å². The first-order chi connectivity index (χ1) is 11.0. The summed E-state index contributed by atoms with van der Waals surface area (Å²) in [5, 5.41) is 17.3. The smallest absolute Gasteiger partial charge is 0.326 e. The van der Waals surface area contributed by atoms with Crippen molar-refractivity contribution in [2.75, 3.05) is 6.61 Å². The van der Waals surface area contributed by atoms with Crippen molar-refractivity contribution < 1.29 is 15.0 Å². The number of carbonyl (C=O) groups is 1. The van der Waals surface area contributed by atoms with E-state index in [-0.39, 0.29) is 12.4 Å². The average molecular weight is 352 g/mol. The summed E-state index contributed by atoms with van der Waals surface area (Å²) < 4.78 is 0. The molecule has 0 saturated heterocycles. The minimum Gasteiger partial charge on any atom is -0.480 e. The highest BCUT2D eigenvalue weighted by atomic mass is 35.5. The Bertz CT molecular complexity index is 540. The van der Waals surface area contributed by atoms with Gasteiger partial charge in [-0.15, -0.1) is 12.4 Å². The van der Waals surface area contributed by atoms with Crippen molar-refractivity contribution in [3.05, 3.63) is 60.7 Å². The van der Waals surface area contributed by atoms with Gasteiger partial charge in [0, 0.05) is 0 Å².